The van der Waals surface area contributed by atoms with E-state index in [1.807, 2.05) is 0 Å². The van der Waals surface area contributed by atoms with Gasteiger partial charge in [-0.15, -0.1) is 11.3 Å². The second-order valence-corrected chi connectivity index (χ2v) is 8.25. The first-order valence-corrected chi connectivity index (χ1v) is 10.7. The molecule has 0 saturated carbocycles. The van der Waals surface area contributed by atoms with Crippen molar-refractivity contribution in [3.05, 3.63) is 16.0 Å². The number of ether oxygens (including phenoxy) is 2. The fraction of sp³-hybridized carbons (Fsp3) is 0.650. The van der Waals surface area contributed by atoms with E-state index in [0.29, 0.717) is 34.1 Å². The summed E-state index contributed by atoms with van der Waals surface area (Å²) in [4.78, 5) is 38.9. The smallest absolute Gasteiger partial charge is 0.348 e. The lowest BCUT2D eigenvalue weighted by Crippen LogP contribution is -3.20. The van der Waals surface area contributed by atoms with Crippen molar-refractivity contribution in [1.29, 1.82) is 0 Å². The molecule has 2 rings (SSSR count). The fourth-order valence-corrected chi connectivity index (χ4v) is 4.84. The first kappa shape index (κ1) is 22.4. The van der Waals surface area contributed by atoms with Gasteiger partial charge < -0.3 is 19.7 Å². The van der Waals surface area contributed by atoms with Crippen LogP contribution in [0.5, 0.6) is 0 Å². The molecule has 2 atom stereocenters. The third-order valence-corrected chi connectivity index (χ3v) is 6.43. The number of anilines is 1. The Labute approximate surface area is 170 Å². The summed E-state index contributed by atoms with van der Waals surface area (Å²) in [5, 5.41) is 3.19. The number of amides is 1. The molecule has 28 heavy (non-hydrogen) atoms. The minimum atomic E-state index is -0.547. The van der Waals surface area contributed by atoms with Crippen LogP contribution in [-0.2, 0) is 14.3 Å². The molecular formula is C20H31N2O5S+. The average molecular weight is 412 g/mol. The van der Waals surface area contributed by atoms with Gasteiger partial charge in [0.25, 0.3) is 5.91 Å². The van der Waals surface area contributed by atoms with Crippen molar-refractivity contribution in [1.82, 2.24) is 0 Å². The minimum Gasteiger partial charge on any atom is -0.462 e. The molecule has 0 bridgehead atoms. The van der Waals surface area contributed by atoms with Crippen LogP contribution in [0.3, 0.4) is 0 Å². The highest BCUT2D eigenvalue weighted by Gasteiger charge is 2.32. The number of quaternary nitrogens is 1. The predicted molar refractivity (Wildman–Crippen MR) is 108 cm³/mol. The second kappa shape index (κ2) is 10.0. The zero-order valence-electron chi connectivity index (χ0n) is 17.3. The topological polar surface area (TPSA) is 86.1 Å². The van der Waals surface area contributed by atoms with Gasteiger partial charge in [-0.05, 0) is 59.4 Å². The highest BCUT2D eigenvalue weighted by molar-refractivity contribution is 7.18. The number of thiophene rings is 1. The lowest BCUT2D eigenvalue weighted by Gasteiger charge is -2.35. The van der Waals surface area contributed by atoms with Gasteiger partial charge in [0, 0.05) is 0 Å². The van der Waals surface area contributed by atoms with Crippen LogP contribution < -0.4 is 10.2 Å². The molecule has 0 radical (unpaired) electrons. The molecule has 0 unspecified atom stereocenters. The Morgan fingerprint density at radius 3 is 2.21 bits per heavy atom. The van der Waals surface area contributed by atoms with E-state index in [9.17, 15) is 14.4 Å². The lowest BCUT2D eigenvalue weighted by molar-refractivity contribution is -0.943. The normalized spacial score (nSPS) is 19.9. The number of hydrogen-bond acceptors (Lipinski definition) is 6. The van der Waals surface area contributed by atoms with Crippen molar-refractivity contribution < 1.29 is 28.8 Å². The summed E-state index contributed by atoms with van der Waals surface area (Å²) in [5.74, 6) is -1.22. The highest BCUT2D eigenvalue weighted by atomic mass is 32.1. The maximum atomic E-state index is 12.7. The van der Waals surface area contributed by atoms with Crippen LogP contribution in [0.1, 0.15) is 72.6 Å². The molecule has 1 amide bonds. The Hall–Kier alpha value is -1.93. The van der Waals surface area contributed by atoms with E-state index in [1.165, 1.54) is 11.3 Å². The zero-order valence-corrected chi connectivity index (χ0v) is 18.2. The molecule has 1 aromatic heterocycles. The molecule has 1 aliphatic rings. The molecule has 0 aromatic carbocycles. The summed E-state index contributed by atoms with van der Waals surface area (Å²) in [6.45, 7) is 10.2. The number of esters is 2. The summed E-state index contributed by atoms with van der Waals surface area (Å²) in [6, 6.07) is 0.832. The van der Waals surface area contributed by atoms with Crippen LogP contribution in [0.15, 0.2) is 0 Å². The molecule has 1 aliphatic heterocycles. The van der Waals surface area contributed by atoms with Gasteiger partial charge in [0.1, 0.15) is 9.88 Å². The number of likely N-dealkylation sites (tertiary alicyclic amines) is 1. The average Bonchev–Trinajstić information content (AvgIpc) is 2.95. The predicted octanol–water partition coefficient (Wildman–Crippen LogP) is 2.19. The largest absolute Gasteiger partial charge is 0.462 e. The van der Waals surface area contributed by atoms with Crippen molar-refractivity contribution in [2.75, 3.05) is 25.1 Å². The maximum absolute atomic E-state index is 12.7. The number of nitrogens with one attached hydrogen (secondary N) is 2. The second-order valence-electron chi connectivity index (χ2n) is 7.23. The van der Waals surface area contributed by atoms with E-state index in [-0.39, 0.29) is 24.7 Å². The first-order chi connectivity index (χ1) is 13.3. The van der Waals surface area contributed by atoms with Gasteiger partial charge in [-0.25, -0.2) is 9.59 Å². The van der Waals surface area contributed by atoms with Crippen LogP contribution in [0, 0.1) is 6.92 Å². The molecule has 1 fully saturated rings. The monoisotopic (exact) mass is 411 g/mol. The van der Waals surface area contributed by atoms with E-state index >= 15 is 0 Å². The third kappa shape index (κ3) is 5.11. The highest BCUT2D eigenvalue weighted by Crippen LogP contribution is 2.34. The number of rotatable bonds is 7. The fourth-order valence-electron chi connectivity index (χ4n) is 3.73. The van der Waals surface area contributed by atoms with E-state index < -0.39 is 11.9 Å². The number of piperidine rings is 1. The summed E-state index contributed by atoms with van der Waals surface area (Å²) in [7, 11) is 0. The van der Waals surface area contributed by atoms with Crippen molar-refractivity contribution >= 4 is 34.2 Å². The van der Waals surface area contributed by atoms with Crippen LogP contribution in [0.4, 0.5) is 5.00 Å². The van der Waals surface area contributed by atoms with Crippen molar-refractivity contribution in [2.24, 2.45) is 0 Å². The summed E-state index contributed by atoms with van der Waals surface area (Å²) >= 11 is 1.06. The van der Waals surface area contributed by atoms with Gasteiger partial charge >= 0.3 is 11.9 Å². The summed E-state index contributed by atoms with van der Waals surface area (Å²) in [6.07, 6.45) is 3.39. The molecule has 156 valence electrons. The van der Waals surface area contributed by atoms with Gasteiger partial charge in [-0.2, -0.15) is 0 Å². The van der Waals surface area contributed by atoms with Crippen molar-refractivity contribution in [3.8, 4) is 0 Å². The molecule has 8 heteroatoms. The van der Waals surface area contributed by atoms with Crippen LogP contribution in [0.2, 0.25) is 0 Å². The summed E-state index contributed by atoms with van der Waals surface area (Å²) in [5.41, 5.74) is 0.710. The van der Waals surface area contributed by atoms with Gasteiger partial charge in [0.05, 0.1) is 30.9 Å². The van der Waals surface area contributed by atoms with Crippen molar-refractivity contribution in [3.63, 3.8) is 0 Å². The van der Waals surface area contributed by atoms with Crippen molar-refractivity contribution in [2.45, 2.75) is 66.0 Å². The molecule has 1 saturated heterocycles. The quantitative estimate of drug-likeness (QED) is 0.672. The Kier molecular flexibility index (Phi) is 8.00. The van der Waals surface area contributed by atoms with Gasteiger partial charge in [-0.3, -0.25) is 4.79 Å². The minimum absolute atomic E-state index is 0.169. The number of hydrogen-bond donors (Lipinski definition) is 2. The molecule has 2 N–H and O–H groups in total. The molecule has 1 aromatic rings. The standard InChI is InChI=1S/C20H30N2O5S/c1-6-26-19(24)16-14(5)17(20(25)27-7-2)28-18(16)21-15(23)11-22-12(3)9-8-10-13(22)4/h12-13H,6-11H2,1-5H3,(H,21,23)/p+1/t12-,13-/m1/s1. The SMILES string of the molecule is CCOC(=O)c1sc(NC(=O)C[NH+]2[C@H](C)CCC[C@H]2C)c(C(=O)OCC)c1C. The number of carbonyl (C=O) groups excluding carboxylic acids is 3. The third-order valence-electron chi connectivity index (χ3n) is 5.25. The Balaban J connectivity index is 2.24. The summed E-state index contributed by atoms with van der Waals surface area (Å²) < 4.78 is 10.2. The Morgan fingerprint density at radius 2 is 1.64 bits per heavy atom. The lowest BCUT2D eigenvalue weighted by atomic mass is 9.97. The molecule has 0 aliphatic carbocycles. The number of carbonyl (C=O) groups is 3. The zero-order chi connectivity index (χ0) is 20.8. The molecular weight excluding hydrogens is 380 g/mol. The van der Waals surface area contributed by atoms with E-state index in [0.717, 1.165) is 24.2 Å². The molecule has 7 nitrogen and oxygen atoms in total. The first-order valence-electron chi connectivity index (χ1n) is 9.93. The Bertz CT molecular complexity index is 720. The van der Waals surface area contributed by atoms with E-state index in [2.05, 4.69) is 19.2 Å². The van der Waals surface area contributed by atoms with Gasteiger partial charge in [-0.1, -0.05) is 0 Å². The molecule has 0 spiro atoms. The van der Waals surface area contributed by atoms with Crippen LogP contribution >= 0.6 is 11.3 Å². The Morgan fingerprint density at radius 1 is 1.07 bits per heavy atom. The van der Waals surface area contributed by atoms with Gasteiger partial charge in [0.2, 0.25) is 0 Å². The van der Waals surface area contributed by atoms with Crippen LogP contribution in [0.25, 0.3) is 0 Å². The van der Waals surface area contributed by atoms with Gasteiger partial charge in [0.15, 0.2) is 6.54 Å². The van der Waals surface area contributed by atoms with E-state index in [4.69, 9.17) is 9.47 Å². The van der Waals surface area contributed by atoms with Crippen LogP contribution in [-0.4, -0.2) is 49.7 Å². The van der Waals surface area contributed by atoms with E-state index in [1.54, 1.807) is 20.8 Å². The maximum Gasteiger partial charge on any atom is 0.348 e. The molecule has 2 heterocycles.